The zero-order valence-electron chi connectivity index (χ0n) is 15.5. The van der Waals surface area contributed by atoms with E-state index in [1.807, 2.05) is 24.4 Å². The third-order valence-electron chi connectivity index (χ3n) is 5.80. The molecule has 1 aliphatic carbocycles. The minimum absolute atomic E-state index is 0.0327. The summed E-state index contributed by atoms with van der Waals surface area (Å²) in [4.78, 5) is 19.3. The fourth-order valence-corrected chi connectivity index (χ4v) is 4.43. The van der Waals surface area contributed by atoms with E-state index in [0.717, 1.165) is 52.5 Å². The number of fused-ring (bicyclic) bond motifs is 4. The molecule has 5 heteroatoms. The Morgan fingerprint density at radius 2 is 2.04 bits per heavy atom. The number of amides is 1. The second-order valence-corrected chi connectivity index (χ2v) is 7.58. The molecule has 4 aromatic rings. The first-order valence-corrected chi connectivity index (χ1v) is 9.83. The molecule has 0 saturated carbocycles. The van der Waals surface area contributed by atoms with Crippen LogP contribution in [0.1, 0.15) is 42.1 Å². The van der Waals surface area contributed by atoms with Crippen LogP contribution in [0.5, 0.6) is 0 Å². The fourth-order valence-electron chi connectivity index (χ4n) is 4.43. The van der Waals surface area contributed by atoms with Gasteiger partial charge in [-0.05, 0) is 61.1 Å². The number of aromatic nitrogens is 2. The number of benzene rings is 2. The summed E-state index contributed by atoms with van der Waals surface area (Å²) in [5, 5.41) is 5.30. The van der Waals surface area contributed by atoms with Crippen molar-refractivity contribution in [2.24, 2.45) is 0 Å². The average molecular weight is 375 g/mol. The highest BCUT2D eigenvalue weighted by atomic mass is 19.1. The van der Waals surface area contributed by atoms with Gasteiger partial charge in [-0.15, -0.1) is 0 Å². The van der Waals surface area contributed by atoms with Crippen LogP contribution < -0.4 is 5.32 Å². The number of aryl methyl sites for hydroxylation is 2. The van der Waals surface area contributed by atoms with Gasteiger partial charge in [0.05, 0.1) is 6.04 Å². The molecule has 1 unspecified atom stereocenters. The van der Waals surface area contributed by atoms with Gasteiger partial charge in [0.15, 0.2) is 0 Å². The van der Waals surface area contributed by atoms with Crippen LogP contribution in [0.25, 0.3) is 21.8 Å². The molecule has 142 valence electrons. The Bertz CT molecular complexity index is 1170. The second-order valence-electron chi connectivity index (χ2n) is 7.58. The van der Waals surface area contributed by atoms with E-state index in [1.165, 1.54) is 11.5 Å². The Morgan fingerprint density at radius 3 is 2.96 bits per heavy atom. The first-order valence-electron chi connectivity index (χ1n) is 9.83. The molecule has 0 fully saturated rings. The van der Waals surface area contributed by atoms with E-state index in [4.69, 9.17) is 0 Å². The molecule has 2 aromatic carbocycles. The number of rotatable bonds is 4. The predicted molar refractivity (Wildman–Crippen MR) is 109 cm³/mol. The summed E-state index contributed by atoms with van der Waals surface area (Å²) >= 11 is 0. The van der Waals surface area contributed by atoms with E-state index in [9.17, 15) is 9.18 Å². The lowest BCUT2D eigenvalue weighted by Gasteiger charge is -2.24. The normalized spacial score (nSPS) is 16.4. The van der Waals surface area contributed by atoms with Gasteiger partial charge in [-0.3, -0.25) is 4.79 Å². The van der Waals surface area contributed by atoms with Crippen molar-refractivity contribution in [1.29, 1.82) is 0 Å². The lowest BCUT2D eigenvalue weighted by molar-refractivity contribution is -0.121. The third kappa shape index (κ3) is 2.97. The summed E-state index contributed by atoms with van der Waals surface area (Å²) in [7, 11) is 0. The van der Waals surface area contributed by atoms with Crippen LogP contribution in [-0.2, 0) is 17.6 Å². The van der Waals surface area contributed by atoms with Crippen molar-refractivity contribution in [3.05, 3.63) is 71.3 Å². The molecular formula is C23H22FN3O. The Balaban J connectivity index is 1.31. The van der Waals surface area contributed by atoms with E-state index < -0.39 is 0 Å². The molecule has 4 nitrogen and oxygen atoms in total. The van der Waals surface area contributed by atoms with E-state index in [0.29, 0.717) is 12.8 Å². The fraction of sp³-hybridized carbons (Fsp3) is 0.261. The maximum absolute atomic E-state index is 13.7. The zero-order chi connectivity index (χ0) is 19.1. The van der Waals surface area contributed by atoms with Gasteiger partial charge in [-0.2, -0.15) is 0 Å². The molecule has 0 spiro atoms. The van der Waals surface area contributed by atoms with Gasteiger partial charge in [0, 0.05) is 40.1 Å². The number of para-hydroxylation sites is 1. The molecule has 1 amide bonds. The maximum Gasteiger partial charge on any atom is 0.220 e. The molecule has 1 atom stereocenters. The minimum Gasteiger partial charge on any atom is -0.361 e. The second kappa shape index (κ2) is 6.82. The van der Waals surface area contributed by atoms with E-state index in [-0.39, 0.29) is 17.8 Å². The van der Waals surface area contributed by atoms with E-state index >= 15 is 0 Å². The number of hydrogen-bond donors (Lipinski definition) is 3. The minimum atomic E-state index is -0.223. The molecular weight excluding hydrogens is 353 g/mol. The van der Waals surface area contributed by atoms with Gasteiger partial charge in [0.25, 0.3) is 0 Å². The average Bonchev–Trinajstić information content (AvgIpc) is 3.28. The van der Waals surface area contributed by atoms with Crippen LogP contribution >= 0.6 is 0 Å². The third-order valence-corrected chi connectivity index (χ3v) is 5.80. The summed E-state index contributed by atoms with van der Waals surface area (Å²) in [6, 6.07) is 12.9. The monoisotopic (exact) mass is 375 g/mol. The van der Waals surface area contributed by atoms with Crippen molar-refractivity contribution >= 4 is 27.7 Å². The standard InChI is InChI=1S/C23H22FN3O/c24-15-9-10-20-18(12-15)17-5-3-7-21(23(17)27-20)26-22(28)11-8-14-13-25-19-6-2-1-4-16(14)19/h1-2,4,6,9-10,12-13,21,25,27H,3,5,7-8,11H2,(H,26,28). The topological polar surface area (TPSA) is 60.7 Å². The van der Waals surface area contributed by atoms with Crippen LogP contribution in [0.15, 0.2) is 48.7 Å². The summed E-state index contributed by atoms with van der Waals surface area (Å²) in [6.07, 6.45) is 5.95. The van der Waals surface area contributed by atoms with E-state index in [1.54, 1.807) is 12.1 Å². The highest BCUT2D eigenvalue weighted by Gasteiger charge is 2.25. The number of carbonyl (C=O) groups is 1. The van der Waals surface area contributed by atoms with Crippen LogP contribution in [0.4, 0.5) is 4.39 Å². The first-order chi connectivity index (χ1) is 13.7. The van der Waals surface area contributed by atoms with Gasteiger partial charge in [-0.1, -0.05) is 18.2 Å². The Kier molecular flexibility index (Phi) is 4.15. The van der Waals surface area contributed by atoms with Crippen molar-refractivity contribution in [3.63, 3.8) is 0 Å². The number of halogens is 1. The molecule has 2 heterocycles. The van der Waals surface area contributed by atoms with Gasteiger partial charge in [0.1, 0.15) is 5.82 Å². The number of hydrogen-bond acceptors (Lipinski definition) is 1. The Morgan fingerprint density at radius 1 is 1.14 bits per heavy atom. The molecule has 0 aliphatic heterocycles. The van der Waals surface area contributed by atoms with E-state index in [2.05, 4.69) is 21.4 Å². The van der Waals surface area contributed by atoms with Gasteiger partial charge in [-0.25, -0.2) is 4.39 Å². The van der Waals surface area contributed by atoms with Crippen LogP contribution in [0.2, 0.25) is 0 Å². The summed E-state index contributed by atoms with van der Waals surface area (Å²) in [5.41, 5.74) is 5.37. The quantitative estimate of drug-likeness (QED) is 0.466. The molecule has 3 N–H and O–H groups in total. The van der Waals surface area contributed by atoms with Crippen molar-refractivity contribution in [2.75, 3.05) is 0 Å². The van der Waals surface area contributed by atoms with Crippen molar-refractivity contribution in [3.8, 4) is 0 Å². The molecule has 5 rings (SSSR count). The molecule has 0 saturated heterocycles. The van der Waals surface area contributed by atoms with Gasteiger partial charge in [0.2, 0.25) is 5.91 Å². The number of H-pyrrole nitrogens is 2. The van der Waals surface area contributed by atoms with Gasteiger partial charge >= 0.3 is 0 Å². The molecule has 0 radical (unpaired) electrons. The maximum atomic E-state index is 13.7. The highest BCUT2D eigenvalue weighted by Crippen LogP contribution is 2.35. The van der Waals surface area contributed by atoms with Gasteiger partial charge < -0.3 is 15.3 Å². The van der Waals surface area contributed by atoms with Crippen molar-refractivity contribution in [2.45, 2.75) is 38.1 Å². The van der Waals surface area contributed by atoms with Crippen LogP contribution in [0.3, 0.4) is 0 Å². The summed E-state index contributed by atoms with van der Waals surface area (Å²) in [6.45, 7) is 0. The summed E-state index contributed by atoms with van der Waals surface area (Å²) < 4.78 is 13.7. The summed E-state index contributed by atoms with van der Waals surface area (Å²) in [5.74, 6) is -0.174. The van der Waals surface area contributed by atoms with Crippen molar-refractivity contribution in [1.82, 2.24) is 15.3 Å². The van der Waals surface area contributed by atoms with Crippen molar-refractivity contribution < 1.29 is 9.18 Å². The number of nitrogens with one attached hydrogen (secondary N) is 3. The first kappa shape index (κ1) is 17.0. The van der Waals surface area contributed by atoms with Crippen LogP contribution in [0, 0.1) is 5.82 Å². The molecule has 2 aromatic heterocycles. The Hall–Kier alpha value is -3.08. The largest absolute Gasteiger partial charge is 0.361 e. The highest BCUT2D eigenvalue weighted by molar-refractivity contribution is 5.86. The number of aromatic amines is 2. The molecule has 0 bridgehead atoms. The lowest BCUT2D eigenvalue weighted by atomic mass is 9.91. The lowest BCUT2D eigenvalue weighted by Crippen LogP contribution is -2.31. The zero-order valence-corrected chi connectivity index (χ0v) is 15.5. The Labute approximate surface area is 162 Å². The molecule has 1 aliphatic rings. The smallest absolute Gasteiger partial charge is 0.220 e. The number of carbonyl (C=O) groups excluding carboxylic acids is 1. The van der Waals surface area contributed by atoms with Crippen LogP contribution in [-0.4, -0.2) is 15.9 Å². The predicted octanol–water partition coefficient (Wildman–Crippen LogP) is 4.91. The SMILES string of the molecule is O=C(CCc1c[nH]c2ccccc12)NC1CCCc2c1[nH]c1ccc(F)cc21. The molecule has 28 heavy (non-hydrogen) atoms.